The molecule has 0 saturated carbocycles. The molecule has 8 heteroatoms. The zero-order chi connectivity index (χ0) is 17.7. The van der Waals surface area contributed by atoms with Crippen LogP contribution >= 0.6 is 0 Å². The summed E-state index contributed by atoms with van der Waals surface area (Å²) in [5.41, 5.74) is 3.90. The highest BCUT2D eigenvalue weighted by Gasteiger charge is 2.29. The molecular formula is C16H24N4O3S. The number of sulfonamides is 1. The van der Waals surface area contributed by atoms with Crippen molar-refractivity contribution in [2.75, 3.05) is 30.7 Å². The van der Waals surface area contributed by atoms with Gasteiger partial charge in [-0.1, -0.05) is 18.2 Å². The number of nitrogens with zero attached hydrogens (tertiary/aromatic N) is 3. The fourth-order valence-corrected chi connectivity index (χ4v) is 3.77. The van der Waals surface area contributed by atoms with Crippen LogP contribution in [0, 0.1) is 0 Å². The van der Waals surface area contributed by atoms with Gasteiger partial charge in [0.2, 0.25) is 10.0 Å². The van der Waals surface area contributed by atoms with Crippen molar-refractivity contribution in [1.82, 2.24) is 10.3 Å². The van der Waals surface area contributed by atoms with E-state index < -0.39 is 22.0 Å². The number of hydrogen-bond donors (Lipinski definition) is 1. The lowest BCUT2D eigenvalue weighted by Crippen LogP contribution is -2.47. The van der Waals surface area contributed by atoms with E-state index in [0.29, 0.717) is 5.69 Å². The third-order valence-electron chi connectivity index (χ3n) is 3.99. The molecular weight excluding hydrogens is 328 g/mol. The molecule has 1 heterocycles. The molecule has 1 N–H and O–H groups in total. The molecule has 1 saturated heterocycles. The maximum absolute atomic E-state index is 12.4. The number of hydrogen-bond acceptors (Lipinski definition) is 5. The van der Waals surface area contributed by atoms with Crippen LogP contribution in [-0.4, -0.2) is 57.4 Å². The maximum atomic E-state index is 12.4. The summed E-state index contributed by atoms with van der Waals surface area (Å²) in [5, 5.41) is 4.17. The van der Waals surface area contributed by atoms with Crippen LogP contribution in [0.3, 0.4) is 0 Å². The van der Waals surface area contributed by atoms with Gasteiger partial charge in [-0.15, -0.1) is 0 Å². The SMILES string of the molecule is C[C@H](C(=O)NN=C1CCN(C)CC1)N(c1ccccc1)S(C)(=O)=O. The van der Waals surface area contributed by atoms with Gasteiger partial charge >= 0.3 is 0 Å². The van der Waals surface area contributed by atoms with Crippen molar-refractivity contribution in [3.8, 4) is 0 Å². The van der Waals surface area contributed by atoms with Crippen LogP contribution in [0.2, 0.25) is 0 Å². The Bertz CT molecular complexity index is 693. The number of benzene rings is 1. The fourth-order valence-electron chi connectivity index (χ4n) is 2.60. The first-order chi connectivity index (χ1) is 11.3. The van der Waals surface area contributed by atoms with Crippen molar-refractivity contribution < 1.29 is 13.2 Å². The van der Waals surface area contributed by atoms with E-state index >= 15 is 0 Å². The van der Waals surface area contributed by atoms with E-state index in [9.17, 15) is 13.2 Å². The minimum absolute atomic E-state index is 0.448. The molecule has 132 valence electrons. The van der Waals surface area contributed by atoms with E-state index in [2.05, 4.69) is 15.4 Å². The third kappa shape index (κ3) is 4.78. The zero-order valence-corrected chi connectivity index (χ0v) is 15.1. The number of hydrazone groups is 1. The summed E-state index contributed by atoms with van der Waals surface area (Å²) in [6.07, 6.45) is 2.70. The summed E-state index contributed by atoms with van der Waals surface area (Å²) in [4.78, 5) is 14.6. The lowest BCUT2D eigenvalue weighted by atomic mass is 10.1. The van der Waals surface area contributed by atoms with Crippen LogP contribution < -0.4 is 9.73 Å². The topological polar surface area (TPSA) is 82.1 Å². The molecule has 2 rings (SSSR count). The molecule has 0 aromatic heterocycles. The molecule has 0 spiro atoms. The number of rotatable bonds is 5. The van der Waals surface area contributed by atoms with E-state index in [-0.39, 0.29) is 0 Å². The van der Waals surface area contributed by atoms with Crippen LogP contribution in [-0.2, 0) is 14.8 Å². The van der Waals surface area contributed by atoms with Gasteiger partial charge in [-0.2, -0.15) is 5.10 Å². The van der Waals surface area contributed by atoms with Gasteiger partial charge in [0, 0.05) is 31.6 Å². The summed E-state index contributed by atoms with van der Waals surface area (Å²) in [6, 6.07) is 7.69. The summed E-state index contributed by atoms with van der Waals surface area (Å²) in [7, 11) is -1.55. The van der Waals surface area contributed by atoms with Gasteiger partial charge in [0.25, 0.3) is 5.91 Å². The van der Waals surface area contributed by atoms with Crippen molar-refractivity contribution in [3.05, 3.63) is 30.3 Å². The minimum Gasteiger partial charge on any atom is -0.306 e. The second kappa shape index (κ2) is 7.76. The van der Waals surface area contributed by atoms with Crippen molar-refractivity contribution in [2.45, 2.75) is 25.8 Å². The Morgan fingerprint density at radius 2 is 1.83 bits per heavy atom. The van der Waals surface area contributed by atoms with Gasteiger partial charge < -0.3 is 4.90 Å². The molecule has 0 bridgehead atoms. The molecule has 0 unspecified atom stereocenters. The standard InChI is InChI=1S/C16H24N4O3S/c1-13(16(21)18-17-14-9-11-19(2)12-10-14)20(24(3,22)23)15-7-5-4-6-8-15/h4-8,13H,9-12H2,1-3H3,(H,18,21)/t13-/m1/s1. The highest BCUT2D eigenvalue weighted by atomic mass is 32.2. The van der Waals surface area contributed by atoms with Crippen LogP contribution in [0.4, 0.5) is 5.69 Å². The molecule has 24 heavy (non-hydrogen) atoms. The number of amides is 1. The van der Waals surface area contributed by atoms with Crippen LogP contribution in [0.25, 0.3) is 0 Å². The second-order valence-corrected chi connectivity index (χ2v) is 7.89. The highest BCUT2D eigenvalue weighted by Crippen LogP contribution is 2.20. The third-order valence-corrected chi connectivity index (χ3v) is 5.23. The van der Waals surface area contributed by atoms with E-state index in [0.717, 1.165) is 42.2 Å². The van der Waals surface area contributed by atoms with E-state index in [1.807, 2.05) is 7.05 Å². The lowest BCUT2D eigenvalue weighted by molar-refractivity contribution is -0.121. The molecule has 1 aliphatic heterocycles. The Balaban J connectivity index is 2.11. The number of para-hydroxylation sites is 1. The Kier molecular flexibility index (Phi) is 5.95. The molecule has 1 fully saturated rings. The summed E-state index contributed by atoms with van der Waals surface area (Å²) in [5.74, 6) is -0.448. The Morgan fingerprint density at radius 3 is 2.38 bits per heavy atom. The van der Waals surface area contributed by atoms with Gasteiger partial charge in [0.1, 0.15) is 6.04 Å². The first kappa shape index (κ1) is 18.4. The Morgan fingerprint density at radius 1 is 1.25 bits per heavy atom. The zero-order valence-electron chi connectivity index (χ0n) is 14.3. The second-order valence-electron chi connectivity index (χ2n) is 6.03. The van der Waals surface area contributed by atoms with Gasteiger partial charge in [-0.3, -0.25) is 9.10 Å². The largest absolute Gasteiger partial charge is 0.306 e. The number of carbonyl (C=O) groups is 1. The molecule has 1 aliphatic rings. The summed E-state index contributed by atoms with van der Waals surface area (Å²) >= 11 is 0. The first-order valence-corrected chi connectivity index (χ1v) is 9.72. The number of piperidine rings is 1. The van der Waals surface area contributed by atoms with Gasteiger partial charge in [0.05, 0.1) is 11.9 Å². The molecule has 1 atom stereocenters. The molecule has 1 aromatic carbocycles. The molecule has 0 aliphatic carbocycles. The molecule has 0 radical (unpaired) electrons. The van der Waals surface area contributed by atoms with Crippen molar-refractivity contribution in [1.29, 1.82) is 0 Å². The Labute approximate surface area is 143 Å². The predicted octanol–water partition coefficient (Wildman–Crippen LogP) is 1.04. The van der Waals surface area contributed by atoms with E-state index in [1.54, 1.807) is 37.3 Å². The predicted molar refractivity (Wildman–Crippen MR) is 95.5 cm³/mol. The van der Waals surface area contributed by atoms with Crippen molar-refractivity contribution >= 4 is 27.3 Å². The average Bonchev–Trinajstić information content (AvgIpc) is 2.54. The van der Waals surface area contributed by atoms with E-state index in [1.165, 1.54) is 0 Å². The highest BCUT2D eigenvalue weighted by molar-refractivity contribution is 7.92. The molecule has 1 aromatic rings. The quantitative estimate of drug-likeness (QED) is 0.803. The monoisotopic (exact) mass is 352 g/mol. The summed E-state index contributed by atoms with van der Waals surface area (Å²) in [6.45, 7) is 3.37. The number of anilines is 1. The van der Waals surface area contributed by atoms with Crippen molar-refractivity contribution in [2.24, 2.45) is 5.10 Å². The number of nitrogens with one attached hydrogen (secondary N) is 1. The first-order valence-electron chi connectivity index (χ1n) is 7.87. The van der Waals surface area contributed by atoms with Crippen LogP contribution in [0.1, 0.15) is 19.8 Å². The van der Waals surface area contributed by atoms with E-state index in [4.69, 9.17) is 0 Å². The summed E-state index contributed by atoms with van der Waals surface area (Å²) < 4.78 is 25.4. The lowest BCUT2D eigenvalue weighted by Gasteiger charge is -2.28. The maximum Gasteiger partial charge on any atom is 0.263 e. The van der Waals surface area contributed by atoms with Gasteiger partial charge in [-0.25, -0.2) is 13.8 Å². The minimum atomic E-state index is -3.60. The van der Waals surface area contributed by atoms with Crippen molar-refractivity contribution in [3.63, 3.8) is 0 Å². The molecule has 7 nitrogen and oxygen atoms in total. The van der Waals surface area contributed by atoms with Crippen LogP contribution in [0.15, 0.2) is 35.4 Å². The van der Waals surface area contributed by atoms with Crippen LogP contribution in [0.5, 0.6) is 0 Å². The normalized spacial score (nSPS) is 17.2. The molecule has 1 amide bonds. The average molecular weight is 352 g/mol. The smallest absolute Gasteiger partial charge is 0.263 e. The van der Waals surface area contributed by atoms with Gasteiger partial charge in [0.15, 0.2) is 0 Å². The number of likely N-dealkylation sites (tertiary alicyclic amines) is 1. The van der Waals surface area contributed by atoms with Gasteiger partial charge in [-0.05, 0) is 26.1 Å². The fraction of sp³-hybridized carbons (Fsp3) is 0.500. The number of carbonyl (C=O) groups excluding carboxylic acids is 1. The Hall–Kier alpha value is -1.93.